The second-order valence-electron chi connectivity index (χ2n) is 14.6. The third kappa shape index (κ3) is 15.6. The zero-order valence-electron chi connectivity index (χ0n) is 30.6. The van der Waals surface area contributed by atoms with Gasteiger partial charge in [-0.3, -0.25) is 24.0 Å². The molecule has 1 fully saturated rings. The van der Waals surface area contributed by atoms with Crippen molar-refractivity contribution < 1.29 is 53.0 Å². The van der Waals surface area contributed by atoms with Crippen LogP contribution in [0.2, 0.25) is 0 Å². The van der Waals surface area contributed by atoms with E-state index in [9.17, 15) is 38.8 Å². The van der Waals surface area contributed by atoms with Gasteiger partial charge in [-0.15, -0.1) is 10.3 Å². The molecule has 1 heterocycles. The number of ether oxygens (including phenoxy) is 3. The normalized spacial score (nSPS) is 17.7. The minimum absolute atomic E-state index is 0.00681. The predicted octanol–water partition coefficient (Wildman–Crippen LogP) is 1.08. The van der Waals surface area contributed by atoms with E-state index in [-0.39, 0.29) is 37.0 Å². The smallest absolute Gasteiger partial charge is 0.331 e. The number of hydrogen-bond acceptors (Lipinski definition) is 12. The standard InChI is InChI=1S/C33H56N5O11/c1-19(2)11-23(36-27(41)13-21(5)39)29(43)47-18-48-30(44)24(12-20(3)4)37-28(42)14-26(40)35-17-25(34-10)31(45)49-22-15-32(6,7)38(46)33(8,9)16-22/h19-20,22-25,34H,11-18H2,1-10H3,(H,35,40)(H,36,41)(H,37,42). The van der Waals surface area contributed by atoms with Gasteiger partial charge in [0.05, 0.1) is 6.42 Å². The molecule has 1 saturated heterocycles. The predicted molar refractivity (Wildman–Crippen MR) is 175 cm³/mol. The van der Waals surface area contributed by atoms with E-state index in [0.717, 1.165) is 5.06 Å². The molecule has 1 aliphatic rings. The molecular formula is C33H56N5O11. The fraction of sp³-hybridized carbons (Fsp3) is 0.788. The highest BCUT2D eigenvalue weighted by molar-refractivity contribution is 5.99. The van der Waals surface area contributed by atoms with Crippen molar-refractivity contribution in [2.75, 3.05) is 20.4 Å². The Morgan fingerprint density at radius 2 is 1.16 bits per heavy atom. The van der Waals surface area contributed by atoms with Gasteiger partial charge in [0.25, 0.3) is 0 Å². The molecule has 4 N–H and O–H groups in total. The summed E-state index contributed by atoms with van der Waals surface area (Å²) in [4.78, 5) is 86.8. The molecule has 3 atom stereocenters. The highest BCUT2D eigenvalue weighted by Crippen LogP contribution is 2.38. The fourth-order valence-electron chi connectivity index (χ4n) is 5.66. The van der Waals surface area contributed by atoms with Gasteiger partial charge in [-0.25, -0.2) is 9.59 Å². The second kappa shape index (κ2) is 19.5. The molecule has 1 rings (SSSR count). The van der Waals surface area contributed by atoms with Crippen LogP contribution in [0.15, 0.2) is 0 Å². The summed E-state index contributed by atoms with van der Waals surface area (Å²) >= 11 is 0. The number of Topliss-reactive ketones (excluding diaryl/α,β-unsaturated/α-hetero) is 1. The highest BCUT2D eigenvalue weighted by atomic mass is 16.7. The Morgan fingerprint density at radius 1 is 0.714 bits per heavy atom. The molecule has 1 aliphatic heterocycles. The van der Waals surface area contributed by atoms with Crippen LogP contribution in [0, 0.1) is 11.8 Å². The Kier molecular flexibility index (Phi) is 17.3. The van der Waals surface area contributed by atoms with Gasteiger partial charge >= 0.3 is 17.9 Å². The number of nitrogens with one attached hydrogen (secondary N) is 4. The minimum atomic E-state index is -1.16. The number of likely N-dealkylation sites (N-methyl/N-ethyl adjacent to an activating group) is 1. The van der Waals surface area contributed by atoms with E-state index >= 15 is 0 Å². The van der Waals surface area contributed by atoms with Gasteiger partial charge in [0.2, 0.25) is 24.5 Å². The summed E-state index contributed by atoms with van der Waals surface area (Å²) in [6, 6.07) is -3.14. The van der Waals surface area contributed by atoms with Crippen LogP contribution in [0.1, 0.15) is 101 Å². The van der Waals surface area contributed by atoms with Gasteiger partial charge in [-0.1, -0.05) is 27.7 Å². The third-order valence-electron chi connectivity index (χ3n) is 7.76. The molecule has 0 aromatic carbocycles. The largest absolute Gasteiger partial charge is 0.461 e. The topological polar surface area (TPSA) is 218 Å². The summed E-state index contributed by atoms with van der Waals surface area (Å²) in [5.41, 5.74) is -1.47. The van der Waals surface area contributed by atoms with Crippen LogP contribution in [0.5, 0.6) is 0 Å². The van der Waals surface area contributed by atoms with Gasteiger partial charge in [0, 0.05) is 30.5 Å². The zero-order chi connectivity index (χ0) is 37.7. The van der Waals surface area contributed by atoms with Crippen LogP contribution >= 0.6 is 0 Å². The van der Waals surface area contributed by atoms with E-state index in [4.69, 9.17) is 14.2 Å². The number of ketones is 1. The molecule has 1 radical (unpaired) electrons. The molecule has 0 spiro atoms. The number of hydroxylamine groups is 2. The molecule has 16 heteroatoms. The molecule has 0 bridgehead atoms. The van der Waals surface area contributed by atoms with E-state index in [2.05, 4.69) is 21.3 Å². The van der Waals surface area contributed by atoms with Crippen molar-refractivity contribution in [1.82, 2.24) is 26.3 Å². The van der Waals surface area contributed by atoms with Crippen LogP contribution < -0.4 is 21.3 Å². The van der Waals surface area contributed by atoms with Gasteiger partial charge < -0.3 is 35.5 Å². The SMILES string of the molecule is CNC(CNC(=O)CC(=O)NC(CC(C)C)C(=O)OCOC(=O)C(CC(C)C)NC(=O)CC(C)=O)C(=O)OC1CC(C)(C)N([O])C(C)(C)C1. The van der Waals surface area contributed by atoms with Crippen molar-refractivity contribution >= 4 is 41.4 Å². The number of amides is 3. The Morgan fingerprint density at radius 3 is 1.57 bits per heavy atom. The van der Waals surface area contributed by atoms with Crippen molar-refractivity contribution in [3.63, 3.8) is 0 Å². The van der Waals surface area contributed by atoms with Crippen LogP contribution in [0.3, 0.4) is 0 Å². The van der Waals surface area contributed by atoms with Gasteiger partial charge in [0.15, 0.2) is 0 Å². The quantitative estimate of drug-likeness (QED) is 0.0846. The van der Waals surface area contributed by atoms with Crippen molar-refractivity contribution in [2.45, 2.75) is 136 Å². The second-order valence-corrected chi connectivity index (χ2v) is 14.6. The van der Waals surface area contributed by atoms with E-state index in [1.807, 2.05) is 27.7 Å². The summed E-state index contributed by atoms with van der Waals surface area (Å²) in [6.07, 6.45) is -0.477. The third-order valence-corrected chi connectivity index (χ3v) is 7.76. The van der Waals surface area contributed by atoms with Gasteiger partial charge in [-0.05, 0) is 66.3 Å². The van der Waals surface area contributed by atoms with Crippen LogP contribution in [0.25, 0.3) is 0 Å². The lowest BCUT2D eigenvalue weighted by Crippen LogP contribution is -2.60. The number of rotatable bonds is 19. The lowest BCUT2D eigenvalue weighted by Gasteiger charge is -2.49. The number of nitrogens with zero attached hydrogens (tertiary/aromatic N) is 1. The first-order valence-electron chi connectivity index (χ1n) is 16.6. The van der Waals surface area contributed by atoms with Crippen molar-refractivity contribution in [3.8, 4) is 0 Å². The molecule has 3 amide bonds. The number of piperidine rings is 1. The summed E-state index contributed by atoms with van der Waals surface area (Å²) in [5, 5.41) is 23.9. The maximum absolute atomic E-state index is 12.9. The van der Waals surface area contributed by atoms with Crippen LogP contribution in [-0.4, -0.2) is 102 Å². The highest BCUT2D eigenvalue weighted by Gasteiger charge is 2.47. The molecule has 279 valence electrons. The number of hydrogen-bond donors (Lipinski definition) is 4. The first-order valence-corrected chi connectivity index (χ1v) is 16.6. The average molecular weight is 699 g/mol. The van der Waals surface area contributed by atoms with E-state index < -0.39 is 90.6 Å². The average Bonchev–Trinajstić information content (AvgIpc) is 2.94. The van der Waals surface area contributed by atoms with E-state index in [1.165, 1.54) is 14.0 Å². The van der Waals surface area contributed by atoms with Crippen molar-refractivity contribution in [1.29, 1.82) is 0 Å². The first kappa shape index (κ1) is 43.4. The first-order chi connectivity index (χ1) is 22.6. The zero-order valence-corrected chi connectivity index (χ0v) is 30.6. The molecular weight excluding hydrogens is 642 g/mol. The summed E-state index contributed by atoms with van der Waals surface area (Å²) in [6.45, 7) is 14.7. The molecule has 16 nitrogen and oxygen atoms in total. The maximum atomic E-state index is 12.9. The lowest BCUT2D eigenvalue weighted by atomic mass is 9.80. The monoisotopic (exact) mass is 698 g/mol. The van der Waals surface area contributed by atoms with Gasteiger partial charge in [0.1, 0.15) is 36.4 Å². The van der Waals surface area contributed by atoms with Crippen molar-refractivity contribution in [2.24, 2.45) is 11.8 Å². The molecule has 49 heavy (non-hydrogen) atoms. The summed E-state index contributed by atoms with van der Waals surface area (Å²) in [7, 11) is 1.52. The number of esters is 3. The molecule has 0 aromatic heterocycles. The molecule has 0 aromatic rings. The Bertz CT molecular complexity index is 1170. The molecule has 0 aliphatic carbocycles. The van der Waals surface area contributed by atoms with Crippen molar-refractivity contribution in [3.05, 3.63) is 0 Å². The fourth-order valence-corrected chi connectivity index (χ4v) is 5.66. The number of carbonyl (C=O) groups excluding carboxylic acids is 7. The minimum Gasteiger partial charge on any atom is -0.461 e. The van der Waals surface area contributed by atoms with Crippen LogP contribution in [-0.2, 0) is 53.0 Å². The molecule has 0 saturated carbocycles. The number of carbonyl (C=O) groups is 7. The summed E-state index contributed by atoms with van der Waals surface area (Å²) < 4.78 is 15.8. The van der Waals surface area contributed by atoms with Gasteiger partial charge in [-0.2, -0.15) is 0 Å². The Hall–Kier alpha value is -3.63. The summed E-state index contributed by atoms with van der Waals surface area (Å²) in [5.74, 6) is -4.94. The Labute approximate surface area is 289 Å². The van der Waals surface area contributed by atoms with E-state index in [1.54, 1.807) is 27.7 Å². The molecule has 3 unspecified atom stereocenters. The van der Waals surface area contributed by atoms with Crippen LogP contribution in [0.4, 0.5) is 0 Å². The maximum Gasteiger partial charge on any atom is 0.331 e. The van der Waals surface area contributed by atoms with E-state index in [0.29, 0.717) is 12.8 Å². The Balaban J connectivity index is 2.68. The lowest BCUT2D eigenvalue weighted by molar-refractivity contribution is -0.299.